The first-order valence-corrected chi connectivity index (χ1v) is 18.8. The summed E-state index contributed by atoms with van der Waals surface area (Å²) in [7, 11) is 0. The third kappa shape index (κ3) is 6.53. The highest BCUT2D eigenvalue weighted by Gasteiger charge is 2.56. The van der Waals surface area contributed by atoms with E-state index >= 15 is 0 Å². The zero-order valence-corrected chi connectivity index (χ0v) is 31.2. The van der Waals surface area contributed by atoms with Gasteiger partial charge in [-0.2, -0.15) is 5.26 Å². The first-order chi connectivity index (χ1) is 23.9. The minimum atomic E-state index is -0.0878. The van der Waals surface area contributed by atoms with Gasteiger partial charge in [0.1, 0.15) is 0 Å². The summed E-state index contributed by atoms with van der Waals surface area (Å²) < 4.78 is 7.41. The lowest BCUT2D eigenvalue weighted by molar-refractivity contribution is -0.108. The number of rotatable bonds is 6. The van der Waals surface area contributed by atoms with Gasteiger partial charge in [0.25, 0.3) is 5.56 Å². The van der Waals surface area contributed by atoms with Crippen molar-refractivity contribution in [1.29, 1.82) is 5.26 Å². The summed E-state index contributed by atoms with van der Waals surface area (Å²) >= 11 is 12.6. The van der Waals surface area contributed by atoms with Crippen molar-refractivity contribution in [2.45, 2.75) is 78.6 Å². The van der Waals surface area contributed by atoms with Crippen LogP contribution in [0.25, 0.3) is 10.9 Å². The number of ether oxygens (including phenoxy) is 1. The first kappa shape index (κ1) is 34.9. The fourth-order valence-corrected chi connectivity index (χ4v) is 9.42. The van der Waals surface area contributed by atoms with Crippen LogP contribution in [-0.2, 0) is 17.7 Å². The maximum Gasteiger partial charge on any atom is 0.262 e. The molecule has 0 amide bonds. The molecule has 1 N–H and O–H groups in total. The van der Waals surface area contributed by atoms with E-state index in [0.717, 1.165) is 23.6 Å². The van der Waals surface area contributed by atoms with Gasteiger partial charge >= 0.3 is 0 Å². The van der Waals surface area contributed by atoms with Crippen LogP contribution in [0.15, 0.2) is 46.2 Å². The van der Waals surface area contributed by atoms with E-state index in [2.05, 4.69) is 55.9 Å². The van der Waals surface area contributed by atoms with Crippen molar-refractivity contribution >= 4 is 51.7 Å². The number of benzene rings is 2. The van der Waals surface area contributed by atoms with Crippen LogP contribution in [0, 0.1) is 34.6 Å². The summed E-state index contributed by atoms with van der Waals surface area (Å²) in [4.78, 5) is 31.1. The molecule has 0 radical (unpaired) electrons. The molecule has 12 heteroatoms. The number of halogens is 2. The molecule has 3 aromatic rings. The lowest BCUT2D eigenvalue weighted by Crippen LogP contribution is -2.59. The van der Waals surface area contributed by atoms with E-state index in [-0.39, 0.29) is 23.7 Å². The lowest BCUT2D eigenvalue weighted by atomic mass is 9.45. The molecule has 266 valence electrons. The van der Waals surface area contributed by atoms with Gasteiger partial charge in [0.2, 0.25) is 5.95 Å². The normalized spacial score (nSPS) is 28.0. The highest BCUT2D eigenvalue weighted by molar-refractivity contribution is 6.35. The highest BCUT2D eigenvalue weighted by Crippen LogP contribution is 2.61. The number of anilines is 2. The smallest absolute Gasteiger partial charge is 0.262 e. The number of guanidine groups is 1. The van der Waals surface area contributed by atoms with E-state index in [1.54, 1.807) is 10.6 Å². The van der Waals surface area contributed by atoms with Crippen LogP contribution in [0.3, 0.4) is 0 Å². The molecule has 3 aliphatic carbocycles. The SMILES string of the molecule is C[C@@H]1C(/N=C(/Nc2ccc3c(=O)n(CCc4ccc(Cl)cc4Cl)c(N4CCOCC4)nc3c2)N2C[C@@H](C)N(C#N)[C@@H](C)C2)C[C@@H]2C[C@H]1C2(C)C. The highest BCUT2D eigenvalue weighted by atomic mass is 35.5. The molecule has 6 atom stereocenters. The van der Waals surface area contributed by atoms with Gasteiger partial charge in [0.15, 0.2) is 12.2 Å². The van der Waals surface area contributed by atoms with Crippen LogP contribution in [0.2, 0.25) is 10.0 Å². The maximum atomic E-state index is 14.2. The number of nitrogens with zero attached hydrogens (tertiary/aromatic N) is 7. The Kier molecular flexibility index (Phi) is 9.70. The molecule has 2 aromatic carbocycles. The van der Waals surface area contributed by atoms with Gasteiger partial charge in [-0.3, -0.25) is 9.36 Å². The minimum absolute atomic E-state index is 0.0578. The van der Waals surface area contributed by atoms with Crippen LogP contribution < -0.4 is 15.8 Å². The number of piperazine rings is 1. The molecule has 2 bridgehead atoms. The van der Waals surface area contributed by atoms with Crippen molar-refractivity contribution < 1.29 is 4.74 Å². The molecule has 3 heterocycles. The third-order valence-corrected chi connectivity index (χ3v) is 12.6. The lowest BCUT2D eigenvalue weighted by Gasteiger charge is -2.61. The van der Waals surface area contributed by atoms with Crippen molar-refractivity contribution in [1.82, 2.24) is 19.4 Å². The molecule has 2 aliphatic heterocycles. The van der Waals surface area contributed by atoms with E-state index in [0.29, 0.717) is 102 Å². The predicted octanol–water partition coefficient (Wildman–Crippen LogP) is 6.50. The summed E-state index contributed by atoms with van der Waals surface area (Å²) in [5, 5.41) is 15.2. The van der Waals surface area contributed by atoms with E-state index in [1.165, 1.54) is 6.42 Å². The van der Waals surface area contributed by atoms with Gasteiger partial charge < -0.3 is 24.8 Å². The fourth-order valence-electron chi connectivity index (χ4n) is 8.92. The second-order valence-electron chi connectivity index (χ2n) is 15.4. The van der Waals surface area contributed by atoms with E-state index in [1.807, 2.05) is 35.2 Å². The third-order valence-electron chi connectivity index (χ3n) is 12.0. The molecule has 10 nitrogen and oxygen atoms in total. The molecule has 1 unspecified atom stereocenters. The summed E-state index contributed by atoms with van der Waals surface area (Å²) in [6.45, 7) is 15.7. The zero-order chi connectivity index (χ0) is 35.3. The minimum Gasteiger partial charge on any atom is -0.378 e. The van der Waals surface area contributed by atoms with E-state index in [4.69, 9.17) is 37.9 Å². The van der Waals surface area contributed by atoms with Gasteiger partial charge in [0.05, 0.1) is 42.2 Å². The number of fused-ring (bicyclic) bond motifs is 3. The molecule has 8 rings (SSSR count). The van der Waals surface area contributed by atoms with Gasteiger partial charge in [-0.05, 0) is 92.2 Å². The quantitative estimate of drug-likeness (QED) is 0.175. The van der Waals surface area contributed by atoms with Crippen molar-refractivity contribution in [3.8, 4) is 6.19 Å². The van der Waals surface area contributed by atoms with Crippen molar-refractivity contribution in [3.63, 3.8) is 0 Å². The maximum absolute atomic E-state index is 14.2. The Bertz CT molecular complexity index is 1870. The topological polar surface area (TPSA) is 102 Å². The first-order valence-electron chi connectivity index (χ1n) is 18.0. The van der Waals surface area contributed by atoms with Crippen LogP contribution in [0.5, 0.6) is 0 Å². The Morgan fingerprint density at radius 1 is 1.08 bits per heavy atom. The number of aryl methyl sites for hydroxylation is 1. The molecule has 0 spiro atoms. The molecule has 3 saturated carbocycles. The van der Waals surface area contributed by atoms with Crippen molar-refractivity contribution in [3.05, 3.63) is 62.4 Å². The molecular formula is C38H48Cl2N8O2. The Hall–Kier alpha value is -3.52. The zero-order valence-electron chi connectivity index (χ0n) is 29.7. The number of nitriles is 1. The number of morpholine rings is 1. The Balaban J connectivity index is 1.23. The molecular weight excluding hydrogens is 671 g/mol. The van der Waals surface area contributed by atoms with Crippen molar-refractivity contribution in [2.75, 3.05) is 49.6 Å². The molecule has 1 aromatic heterocycles. The Morgan fingerprint density at radius 3 is 2.48 bits per heavy atom. The summed E-state index contributed by atoms with van der Waals surface area (Å²) in [6, 6.07) is 11.6. The summed E-state index contributed by atoms with van der Waals surface area (Å²) in [5.74, 6) is 3.31. The standard InChI is InChI=1S/C38H48Cl2N8O2/c1-23-20-46(21-24(2)48(23)22-41)36(43-33-17-27-16-31(25(33)3)38(27,4)5)42-29-8-9-30-34(19-29)44-37(45-12-14-50-15-13-45)47(35(30)49)11-10-26-6-7-28(39)18-32(26)40/h6-9,18-19,23-25,27,31,33H,10-17,20-21H2,1-5H3,(H,42,43)/t23-,24+,25-,27-,31+,33?/m0/s1. The number of nitrogens with one attached hydrogen (secondary N) is 1. The van der Waals surface area contributed by atoms with Crippen LogP contribution in [-0.4, -0.2) is 82.8 Å². The average molecular weight is 720 g/mol. The number of aliphatic imine (C=N–C) groups is 1. The van der Waals surface area contributed by atoms with Gasteiger partial charge in [0, 0.05) is 48.5 Å². The number of aromatic nitrogens is 2. The molecule has 2 saturated heterocycles. The summed E-state index contributed by atoms with van der Waals surface area (Å²) in [6.07, 6.45) is 5.33. The molecule has 5 fully saturated rings. The number of hydrogen-bond acceptors (Lipinski definition) is 7. The van der Waals surface area contributed by atoms with Crippen molar-refractivity contribution in [2.24, 2.45) is 28.2 Å². The monoisotopic (exact) mass is 718 g/mol. The van der Waals surface area contributed by atoms with Gasteiger partial charge in [-0.15, -0.1) is 0 Å². The van der Waals surface area contributed by atoms with Crippen LogP contribution in [0.4, 0.5) is 11.6 Å². The molecule has 50 heavy (non-hydrogen) atoms. The second kappa shape index (κ2) is 13.9. The Labute approximate surface area is 305 Å². The van der Waals surface area contributed by atoms with E-state index < -0.39 is 0 Å². The largest absolute Gasteiger partial charge is 0.378 e. The molecule has 5 aliphatic rings. The van der Waals surface area contributed by atoms with Gasteiger partial charge in [-0.1, -0.05) is 50.0 Å². The summed E-state index contributed by atoms with van der Waals surface area (Å²) in [5.41, 5.74) is 2.67. The second-order valence-corrected chi connectivity index (χ2v) is 16.2. The predicted molar refractivity (Wildman–Crippen MR) is 201 cm³/mol. The van der Waals surface area contributed by atoms with Crippen LogP contribution in [0.1, 0.15) is 53.0 Å². The van der Waals surface area contributed by atoms with E-state index in [9.17, 15) is 10.1 Å². The van der Waals surface area contributed by atoms with Crippen LogP contribution >= 0.6 is 23.2 Å². The number of hydrogen-bond donors (Lipinski definition) is 1. The van der Waals surface area contributed by atoms with Gasteiger partial charge in [-0.25, -0.2) is 9.98 Å². The Morgan fingerprint density at radius 2 is 1.82 bits per heavy atom. The fraction of sp³-hybridized carbons (Fsp3) is 0.579. The average Bonchev–Trinajstić information content (AvgIpc) is 3.09.